The van der Waals surface area contributed by atoms with Crippen LogP contribution in [0.2, 0.25) is 0 Å². The second-order valence-electron chi connectivity index (χ2n) is 5.75. The zero-order valence-electron chi connectivity index (χ0n) is 10.7. The summed E-state index contributed by atoms with van der Waals surface area (Å²) in [6.07, 6.45) is 11.2. The molecule has 0 aromatic heterocycles. The van der Waals surface area contributed by atoms with Crippen LogP contribution in [0.5, 0.6) is 0 Å². The van der Waals surface area contributed by atoms with Crippen molar-refractivity contribution < 1.29 is 5.11 Å². The monoisotopic (exact) mass is 225 g/mol. The van der Waals surface area contributed by atoms with Crippen molar-refractivity contribution in [3.8, 4) is 0 Å². The van der Waals surface area contributed by atoms with E-state index >= 15 is 0 Å². The molecule has 1 aliphatic carbocycles. The first kappa shape index (κ1) is 12.4. The molecule has 1 spiro atoms. The maximum atomic E-state index is 10.3. The zero-order chi connectivity index (χ0) is 11.4. The van der Waals surface area contributed by atoms with Crippen LogP contribution >= 0.6 is 0 Å². The van der Waals surface area contributed by atoms with Gasteiger partial charge in [-0.2, -0.15) is 0 Å². The van der Waals surface area contributed by atoms with Crippen molar-refractivity contribution in [2.24, 2.45) is 5.92 Å². The van der Waals surface area contributed by atoms with Crippen molar-refractivity contribution in [2.75, 3.05) is 6.54 Å². The largest absolute Gasteiger partial charge is 0.393 e. The van der Waals surface area contributed by atoms with Crippen molar-refractivity contribution in [3.05, 3.63) is 0 Å². The Morgan fingerprint density at radius 2 is 2.06 bits per heavy atom. The Morgan fingerprint density at radius 1 is 1.25 bits per heavy atom. The normalized spacial score (nSPS) is 40.1. The van der Waals surface area contributed by atoms with Crippen molar-refractivity contribution in [3.63, 3.8) is 0 Å². The minimum absolute atomic E-state index is 0.0501. The Hall–Kier alpha value is -0.0800. The van der Waals surface area contributed by atoms with Crippen LogP contribution < -0.4 is 5.32 Å². The molecule has 1 unspecified atom stereocenters. The van der Waals surface area contributed by atoms with Gasteiger partial charge in [-0.05, 0) is 45.1 Å². The molecule has 3 atom stereocenters. The number of aliphatic hydroxyl groups is 1. The maximum Gasteiger partial charge on any atom is 0.0586 e. The van der Waals surface area contributed by atoms with Crippen LogP contribution in [0.1, 0.15) is 64.7 Å². The fourth-order valence-electron chi connectivity index (χ4n) is 3.80. The van der Waals surface area contributed by atoms with Gasteiger partial charge in [0.2, 0.25) is 0 Å². The molecule has 2 N–H and O–H groups in total. The van der Waals surface area contributed by atoms with E-state index in [9.17, 15) is 5.11 Å². The summed E-state index contributed by atoms with van der Waals surface area (Å²) in [4.78, 5) is 0. The Balaban J connectivity index is 2.05. The van der Waals surface area contributed by atoms with Crippen molar-refractivity contribution in [1.82, 2.24) is 5.32 Å². The second kappa shape index (κ2) is 5.50. The minimum Gasteiger partial charge on any atom is -0.393 e. The lowest BCUT2D eigenvalue weighted by Crippen LogP contribution is -2.59. The highest BCUT2D eigenvalue weighted by Gasteiger charge is 2.44. The van der Waals surface area contributed by atoms with Crippen LogP contribution in [0.4, 0.5) is 0 Å². The van der Waals surface area contributed by atoms with Crippen LogP contribution in [-0.2, 0) is 0 Å². The Morgan fingerprint density at radius 3 is 2.75 bits per heavy atom. The summed E-state index contributed by atoms with van der Waals surface area (Å²) >= 11 is 0. The highest BCUT2D eigenvalue weighted by Crippen LogP contribution is 2.41. The van der Waals surface area contributed by atoms with Gasteiger partial charge in [0.25, 0.3) is 0 Å². The van der Waals surface area contributed by atoms with Crippen LogP contribution in [0.3, 0.4) is 0 Å². The minimum atomic E-state index is -0.0501. The predicted octanol–water partition coefficient (Wildman–Crippen LogP) is 2.85. The Kier molecular flexibility index (Phi) is 4.26. The molecule has 2 heteroatoms. The Bertz CT molecular complexity index is 205. The summed E-state index contributed by atoms with van der Waals surface area (Å²) in [5, 5.41) is 14.0. The van der Waals surface area contributed by atoms with Gasteiger partial charge in [0, 0.05) is 11.5 Å². The van der Waals surface area contributed by atoms with E-state index in [4.69, 9.17) is 0 Å². The molecule has 2 rings (SSSR count). The lowest BCUT2D eigenvalue weighted by Gasteiger charge is -2.50. The van der Waals surface area contributed by atoms with Gasteiger partial charge in [-0.1, -0.05) is 26.2 Å². The van der Waals surface area contributed by atoms with Gasteiger partial charge in [-0.15, -0.1) is 0 Å². The SMILES string of the molecule is CCCC[C@H]1[C@H](O)CCCC12CCCCN2. The average molecular weight is 225 g/mol. The van der Waals surface area contributed by atoms with Crippen LogP contribution in [0.25, 0.3) is 0 Å². The molecule has 2 nitrogen and oxygen atoms in total. The molecule has 94 valence electrons. The van der Waals surface area contributed by atoms with Gasteiger partial charge in [0.15, 0.2) is 0 Å². The average Bonchev–Trinajstić information content (AvgIpc) is 2.30. The number of hydrogen-bond donors (Lipinski definition) is 2. The molecule has 1 aliphatic heterocycles. The molecule has 1 saturated carbocycles. The number of piperidine rings is 1. The number of nitrogens with one attached hydrogen (secondary N) is 1. The summed E-state index contributed by atoms with van der Waals surface area (Å²) in [5.74, 6) is 0.515. The molecular formula is C14H27NO. The molecule has 0 radical (unpaired) electrons. The number of aliphatic hydroxyl groups excluding tert-OH is 1. The highest BCUT2D eigenvalue weighted by atomic mass is 16.3. The summed E-state index contributed by atoms with van der Waals surface area (Å²) in [6, 6.07) is 0. The van der Waals surface area contributed by atoms with E-state index < -0.39 is 0 Å². The molecule has 1 heterocycles. The van der Waals surface area contributed by atoms with Crippen LogP contribution in [0, 0.1) is 5.92 Å². The topological polar surface area (TPSA) is 32.3 Å². The Labute approximate surface area is 99.8 Å². The first-order chi connectivity index (χ1) is 7.78. The van der Waals surface area contributed by atoms with E-state index in [1.807, 2.05) is 0 Å². The van der Waals surface area contributed by atoms with Gasteiger partial charge in [-0.3, -0.25) is 0 Å². The molecule has 0 amide bonds. The lowest BCUT2D eigenvalue weighted by molar-refractivity contribution is -0.0166. The van der Waals surface area contributed by atoms with E-state index in [-0.39, 0.29) is 6.10 Å². The number of unbranched alkanes of at least 4 members (excludes halogenated alkanes) is 1. The third-order valence-corrected chi connectivity index (χ3v) is 4.69. The summed E-state index contributed by atoms with van der Waals surface area (Å²) in [6.45, 7) is 3.41. The molecule has 0 aromatic rings. The fraction of sp³-hybridized carbons (Fsp3) is 1.00. The molecule has 0 bridgehead atoms. The first-order valence-electron chi connectivity index (χ1n) is 7.21. The van der Waals surface area contributed by atoms with Crippen molar-refractivity contribution in [1.29, 1.82) is 0 Å². The number of rotatable bonds is 3. The summed E-state index contributed by atoms with van der Waals surface area (Å²) in [5.41, 5.74) is 0.297. The van der Waals surface area contributed by atoms with Crippen molar-refractivity contribution in [2.45, 2.75) is 76.4 Å². The summed E-state index contributed by atoms with van der Waals surface area (Å²) < 4.78 is 0. The van der Waals surface area contributed by atoms with Gasteiger partial charge in [0.1, 0.15) is 0 Å². The molecule has 1 saturated heterocycles. The maximum absolute atomic E-state index is 10.3. The number of hydrogen-bond acceptors (Lipinski definition) is 2. The van der Waals surface area contributed by atoms with E-state index in [1.54, 1.807) is 0 Å². The van der Waals surface area contributed by atoms with Gasteiger partial charge < -0.3 is 10.4 Å². The van der Waals surface area contributed by atoms with Crippen LogP contribution in [0.15, 0.2) is 0 Å². The predicted molar refractivity (Wildman–Crippen MR) is 67.5 cm³/mol. The van der Waals surface area contributed by atoms with E-state index in [2.05, 4.69) is 12.2 Å². The van der Waals surface area contributed by atoms with Gasteiger partial charge in [-0.25, -0.2) is 0 Å². The summed E-state index contributed by atoms with van der Waals surface area (Å²) in [7, 11) is 0. The third kappa shape index (κ3) is 2.43. The second-order valence-corrected chi connectivity index (χ2v) is 5.75. The van der Waals surface area contributed by atoms with Gasteiger partial charge in [0.05, 0.1) is 6.10 Å². The van der Waals surface area contributed by atoms with E-state index in [0.29, 0.717) is 11.5 Å². The fourth-order valence-corrected chi connectivity index (χ4v) is 3.80. The van der Waals surface area contributed by atoms with Crippen LogP contribution in [-0.4, -0.2) is 23.3 Å². The quantitative estimate of drug-likeness (QED) is 0.774. The smallest absolute Gasteiger partial charge is 0.0586 e. The molecule has 2 aliphatic rings. The first-order valence-corrected chi connectivity index (χ1v) is 7.21. The highest BCUT2D eigenvalue weighted by molar-refractivity contribution is 5.01. The standard InChI is InChI=1S/C14H27NO/c1-2-3-7-12-13(16)8-6-10-14(12)9-4-5-11-15-14/h12-13,15-16H,2-11H2,1H3/t12-,13+,14?/m0/s1. The van der Waals surface area contributed by atoms with Crippen molar-refractivity contribution >= 4 is 0 Å². The lowest BCUT2D eigenvalue weighted by atomic mass is 9.65. The molecule has 16 heavy (non-hydrogen) atoms. The van der Waals surface area contributed by atoms with E-state index in [1.165, 1.54) is 51.4 Å². The van der Waals surface area contributed by atoms with Gasteiger partial charge >= 0.3 is 0 Å². The molecular weight excluding hydrogens is 198 g/mol. The zero-order valence-corrected chi connectivity index (χ0v) is 10.7. The molecule has 0 aromatic carbocycles. The molecule has 2 fully saturated rings. The van der Waals surface area contributed by atoms with E-state index in [0.717, 1.165) is 13.0 Å². The third-order valence-electron chi connectivity index (χ3n) is 4.69.